The predicted molar refractivity (Wildman–Crippen MR) is 58.0 cm³/mol. The molecule has 2 aromatic rings. The fourth-order valence-electron chi connectivity index (χ4n) is 1.43. The van der Waals surface area contributed by atoms with E-state index in [1.54, 1.807) is 0 Å². The van der Waals surface area contributed by atoms with Crippen LogP contribution in [0.2, 0.25) is 0 Å². The zero-order valence-corrected chi connectivity index (χ0v) is 9.22. The number of aliphatic hydroxyl groups is 4. The van der Waals surface area contributed by atoms with Gasteiger partial charge in [0.05, 0.1) is 18.5 Å². The average molecular weight is 255 g/mol. The first-order valence-electron chi connectivity index (χ1n) is 5.19. The number of H-pyrrole nitrogens is 2. The topological polar surface area (TPSA) is 151 Å². The molecule has 0 aromatic carbocycles. The quantitative estimate of drug-likeness (QED) is 0.359. The highest BCUT2D eigenvalue weighted by molar-refractivity contribution is 5.42. The third-order valence-electron chi connectivity index (χ3n) is 2.46. The third-order valence-corrected chi connectivity index (χ3v) is 2.46. The van der Waals surface area contributed by atoms with Gasteiger partial charge in [0.15, 0.2) is 11.6 Å². The molecule has 9 heteroatoms. The molecule has 3 atom stereocenters. The Balaban J connectivity index is 2.15. The van der Waals surface area contributed by atoms with Gasteiger partial charge in [0.1, 0.15) is 24.6 Å². The fourth-order valence-corrected chi connectivity index (χ4v) is 1.43. The van der Waals surface area contributed by atoms with Crippen LogP contribution in [0.25, 0.3) is 11.6 Å². The maximum atomic E-state index is 9.76. The van der Waals surface area contributed by atoms with Crippen LogP contribution in [0.5, 0.6) is 0 Å². The van der Waals surface area contributed by atoms with E-state index in [1.165, 1.54) is 12.5 Å². The number of aliphatic hydroxyl groups excluding tert-OH is 4. The first kappa shape index (κ1) is 12.6. The standard InChI is InChI=1S/C9H13N5O4/c15-2-5(16)7(18)6(17)4-1-10-8(13-4)9-11-3-12-14-9/h1,3,5-7,15-18H,2H2,(H,10,13)(H,11,12,14)/t5-,6-,7-/m1/s1. The molecule has 0 saturated carbocycles. The molecule has 0 unspecified atom stereocenters. The fraction of sp³-hybridized carbons (Fsp3) is 0.444. The van der Waals surface area contributed by atoms with Gasteiger partial charge in [-0.1, -0.05) is 0 Å². The summed E-state index contributed by atoms with van der Waals surface area (Å²) in [5.41, 5.74) is 0.196. The smallest absolute Gasteiger partial charge is 0.191 e. The molecule has 0 saturated heterocycles. The summed E-state index contributed by atoms with van der Waals surface area (Å²) in [7, 11) is 0. The maximum Gasteiger partial charge on any atom is 0.191 e. The van der Waals surface area contributed by atoms with Crippen molar-refractivity contribution >= 4 is 0 Å². The third kappa shape index (κ3) is 2.38. The number of nitrogens with one attached hydrogen (secondary N) is 2. The Morgan fingerprint density at radius 3 is 2.56 bits per heavy atom. The van der Waals surface area contributed by atoms with Crippen molar-refractivity contribution in [3.8, 4) is 11.6 Å². The minimum Gasteiger partial charge on any atom is -0.394 e. The first-order valence-corrected chi connectivity index (χ1v) is 5.19. The van der Waals surface area contributed by atoms with Gasteiger partial charge in [-0.05, 0) is 0 Å². The number of aromatic amines is 2. The molecule has 2 aromatic heterocycles. The highest BCUT2D eigenvalue weighted by Gasteiger charge is 2.27. The van der Waals surface area contributed by atoms with E-state index in [1.807, 2.05) is 0 Å². The minimum absolute atomic E-state index is 0.196. The van der Waals surface area contributed by atoms with Gasteiger partial charge in [0.2, 0.25) is 0 Å². The molecule has 0 aliphatic rings. The largest absolute Gasteiger partial charge is 0.394 e. The van der Waals surface area contributed by atoms with Gasteiger partial charge in [-0.15, -0.1) is 0 Å². The average Bonchev–Trinajstić information content (AvgIpc) is 3.05. The lowest BCUT2D eigenvalue weighted by molar-refractivity contribution is -0.0788. The van der Waals surface area contributed by atoms with Crippen LogP contribution >= 0.6 is 0 Å². The number of aromatic nitrogens is 5. The van der Waals surface area contributed by atoms with Gasteiger partial charge in [-0.2, -0.15) is 5.10 Å². The van der Waals surface area contributed by atoms with Crippen molar-refractivity contribution in [2.75, 3.05) is 6.61 Å². The SMILES string of the molecule is OC[C@@H](O)[C@@H](O)[C@H](O)c1cnc(-c2ncn[nH]2)[nH]1. The molecule has 0 fully saturated rings. The molecule has 18 heavy (non-hydrogen) atoms. The zero-order chi connectivity index (χ0) is 13.1. The van der Waals surface area contributed by atoms with Gasteiger partial charge in [0, 0.05) is 0 Å². The van der Waals surface area contributed by atoms with Crippen molar-refractivity contribution in [3.05, 3.63) is 18.2 Å². The van der Waals surface area contributed by atoms with Gasteiger partial charge in [0.25, 0.3) is 0 Å². The van der Waals surface area contributed by atoms with E-state index in [0.717, 1.165) is 0 Å². The van der Waals surface area contributed by atoms with Crippen LogP contribution in [-0.2, 0) is 0 Å². The molecule has 2 rings (SSSR count). The van der Waals surface area contributed by atoms with E-state index in [0.29, 0.717) is 11.6 Å². The van der Waals surface area contributed by atoms with Crippen molar-refractivity contribution in [2.24, 2.45) is 0 Å². The van der Waals surface area contributed by atoms with Crippen LogP contribution in [-0.4, -0.2) is 64.4 Å². The number of rotatable bonds is 5. The molecule has 0 aliphatic carbocycles. The lowest BCUT2D eigenvalue weighted by Gasteiger charge is -2.20. The second kappa shape index (κ2) is 5.23. The Kier molecular flexibility index (Phi) is 3.67. The molecule has 0 bridgehead atoms. The van der Waals surface area contributed by atoms with Crippen molar-refractivity contribution in [2.45, 2.75) is 18.3 Å². The molecular formula is C9H13N5O4. The normalized spacial score (nSPS) is 16.4. The lowest BCUT2D eigenvalue weighted by atomic mass is 10.1. The van der Waals surface area contributed by atoms with E-state index < -0.39 is 24.9 Å². The summed E-state index contributed by atoms with van der Waals surface area (Å²) in [6.45, 7) is -0.651. The second-order valence-electron chi connectivity index (χ2n) is 3.71. The maximum absolute atomic E-state index is 9.76. The van der Waals surface area contributed by atoms with Crippen LogP contribution in [0.15, 0.2) is 12.5 Å². The zero-order valence-electron chi connectivity index (χ0n) is 9.22. The Hall–Kier alpha value is -1.81. The molecule has 2 heterocycles. The molecule has 0 radical (unpaired) electrons. The van der Waals surface area contributed by atoms with Crippen molar-refractivity contribution in [3.63, 3.8) is 0 Å². The summed E-state index contributed by atoms with van der Waals surface area (Å²) < 4.78 is 0. The molecule has 6 N–H and O–H groups in total. The Morgan fingerprint density at radius 2 is 1.94 bits per heavy atom. The van der Waals surface area contributed by atoms with Gasteiger partial charge in [-0.3, -0.25) is 5.10 Å². The molecule has 0 amide bonds. The Morgan fingerprint density at radius 1 is 1.17 bits per heavy atom. The van der Waals surface area contributed by atoms with Crippen LogP contribution in [0, 0.1) is 0 Å². The minimum atomic E-state index is -1.52. The summed E-state index contributed by atoms with van der Waals surface area (Å²) in [4.78, 5) is 10.5. The lowest BCUT2D eigenvalue weighted by Crippen LogP contribution is -2.34. The predicted octanol–water partition coefficient (Wildman–Crippen LogP) is -2.06. The number of hydrogen-bond acceptors (Lipinski definition) is 7. The number of hydrogen-bond donors (Lipinski definition) is 6. The first-order chi connectivity index (χ1) is 8.63. The summed E-state index contributed by atoms with van der Waals surface area (Å²) in [6.07, 6.45) is -1.74. The van der Waals surface area contributed by atoms with Gasteiger partial charge in [-0.25, -0.2) is 9.97 Å². The molecular weight excluding hydrogens is 242 g/mol. The van der Waals surface area contributed by atoms with Crippen molar-refractivity contribution < 1.29 is 20.4 Å². The van der Waals surface area contributed by atoms with E-state index in [2.05, 4.69) is 25.1 Å². The van der Waals surface area contributed by atoms with E-state index in [9.17, 15) is 15.3 Å². The Labute approximate surface area is 101 Å². The van der Waals surface area contributed by atoms with Crippen LogP contribution < -0.4 is 0 Å². The summed E-state index contributed by atoms with van der Waals surface area (Å²) in [6, 6.07) is 0. The summed E-state index contributed by atoms with van der Waals surface area (Å²) in [5.74, 6) is 0.720. The number of nitrogens with zero attached hydrogens (tertiary/aromatic N) is 3. The van der Waals surface area contributed by atoms with Gasteiger partial charge < -0.3 is 25.4 Å². The molecule has 0 aliphatic heterocycles. The highest BCUT2D eigenvalue weighted by atomic mass is 16.4. The summed E-state index contributed by atoms with van der Waals surface area (Å²) in [5, 5.41) is 43.4. The molecule has 0 spiro atoms. The van der Waals surface area contributed by atoms with Gasteiger partial charge >= 0.3 is 0 Å². The van der Waals surface area contributed by atoms with Crippen molar-refractivity contribution in [1.29, 1.82) is 0 Å². The monoisotopic (exact) mass is 255 g/mol. The van der Waals surface area contributed by atoms with E-state index in [-0.39, 0.29) is 5.69 Å². The second-order valence-corrected chi connectivity index (χ2v) is 3.71. The Bertz CT molecular complexity index is 485. The van der Waals surface area contributed by atoms with Crippen LogP contribution in [0.4, 0.5) is 0 Å². The van der Waals surface area contributed by atoms with Crippen LogP contribution in [0.3, 0.4) is 0 Å². The van der Waals surface area contributed by atoms with Crippen LogP contribution in [0.1, 0.15) is 11.8 Å². The van der Waals surface area contributed by atoms with Crippen molar-refractivity contribution in [1.82, 2.24) is 25.1 Å². The molecule has 98 valence electrons. The van der Waals surface area contributed by atoms with E-state index >= 15 is 0 Å². The molecule has 9 nitrogen and oxygen atoms in total. The highest BCUT2D eigenvalue weighted by Crippen LogP contribution is 2.19. The van der Waals surface area contributed by atoms with E-state index in [4.69, 9.17) is 5.11 Å². The number of imidazole rings is 1. The summed E-state index contributed by atoms with van der Waals surface area (Å²) >= 11 is 0.